The van der Waals surface area contributed by atoms with Gasteiger partial charge in [0.05, 0.1) is 23.8 Å². The number of imidazole rings is 1. The molecule has 5 nitrogen and oxygen atoms in total. The van der Waals surface area contributed by atoms with Gasteiger partial charge in [0.15, 0.2) is 0 Å². The number of hydrogen-bond donors (Lipinski definition) is 2. The summed E-state index contributed by atoms with van der Waals surface area (Å²) in [6, 6.07) is 0. The van der Waals surface area contributed by atoms with Gasteiger partial charge < -0.3 is 14.7 Å². The number of aromatic amines is 1. The van der Waals surface area contributed by atoms with Crippen molar-refractivity contribution < 1.29 is 9.90 Å². The molecule has 0 unspecified atom stereocenters. The van der Waals surface area contributed by atoms with Gasteiger partial charge in [0.2, 0.25) is 0 Å². The fourth-order valence-corrected chi connectivity index (χ4v) is 1.37. The van der Waals surface area contributed by atoms with Gasteiger partial charge in [0.1, 0.15) is 0 Å². The largest absolute Gasteiger partial charge is 0.478 e. The molecule has 72 valence electrons. The first kappa shape index (κ1) is 8.55. The first-order chi connectivity index (χ1) is 6.70. The Morgan fingerprint density at radius 2 is 2.36 bits per heavy atom. The molecule has 5 heteroatoms. The zero-order chi connectivity index (χ0) is 10.1. The van der Waals surface area contributed by atoms with Crippen molar-refractivity contribution in [2.24, 2.45) is 7.05 Å². The zero-order valence-electron chi connectivity index (χ0n) is 7.56. The van der Waals surface area contributed by atoms with Gasteiger partial charge >= 0.3 is 5.97 Å². The van der Waals surface area contributed by atoms with Gasteiger partial charge in [0, 0.05) is 25.0 Å². The molecule has 0 aliphatic rings. The Kier molecular flexibility index (Phi) is 1.85. The molecule has 0 bridgehead atoms. The molecule has 2 aromatic rings. The minimum atomic E-state index is -0.942. The normalized spacial score (nSPS) is 10.4. The Morgan fingerprint density at radius 3 is 2.93 bits per heavy atom. The lowest BCUT2D eigenvalue weighted by atomic mass is 10.1. The van der Waals surface area contributed by atoms with Crippen LogP contribution in [0.2, 0.25) is 0 Å². The van der Waals surface area contributed by atoms with Crippen LogP contribution in [0.4, 0.5) is 0 Å². The van der Waals surface area contributed by atoms with Crippen LogP contribution in [-0.2, 0) is 7.05 Å². The van der Waals surface area contributed by atoms with Gasteiger partial charge in [-0.2, -0.15) is 0 Å². The van der Waals surface area contributed by atoms with Gasteiger partial charge in [0.25, 0.3) is 0 Å². The summed E-state index contributed by atoms with van der Waals surface area (Å²) in [4.78, 5) is 17.5. The Bertz CT molecular complexity index is 470. The summed E-state index contributed by atoms with van der Waals surface area (Å²) in [7, 11) is 1.82. The lowest BCUT2D eigenvalue weighted by Gasteiger charge is -2.00. The molecular weight excluding hydrogens is 182 g/mol. The van der Waals surface area contributed by atoms with Crippen molar-refractivity contribution in [3.05, 3.63) is 30.5 Å². The predicted molar refractivity (Wildman–Crippen MR) is 50.0 cm³/mol. The summed E-state index contributed by atoms with van der Waals surface area (Å²) in [5.41, 5.74) is 1.69. The maximum atomic E-state index is 10.8. The van der Waals surface area contributed by atoms with Gasteiger partial charge in [-0.15, -0.1) is 0 Å². The topological polar surface area (TPSA) is 70.9 Å². The highest BCUT2D eigenvalue weighted by Crippen LogP contribution is 2.22. The maximum absolute atomic E-state index is 10.8. The van der Waals surface area contributed by atoms with Gasteiger partial charge in [-0.1, -0.05) is 0 Å². The molecule has 0 saturated carbocycles. The van der Waals surface area contributed by atoms with E-state index < -0.39 is 5.97 Å². The number of H-pyrrole nitrogens is 1. The number of rotatable bonds is 2. The molecule has 0 aliphatic heterocycles. The highest BCUT2D eigenvalue weighted by molar-refractivity contribution is 5.95. The summed E-state index contributed by atoms with van der Waals surface area (Å²) >= 11 is 0. The number of hydrogen-bond acceptors (Lipinski definition) is 2. The monoisotopic (exact) mass is 191 g/mol. The number of aromatic nitrogens is 3. The molecule has 14 heavy (non-hydrogen) atoms. The Hall–Kier alpha value is -2.04. The lowest BCUT2D eigenvalue weighted by Crippen LogP contribution is -1.98. The number of aromatic carboxylic acids is 1. The van der Waals surface area contributed by atoms with Crippen molar-refractivity contribution in [2.75, 3.05) is 0 Å². The van der Waals surface area contributed by atoms with E-state index in [0.29, 0.717) is 5.56 Å². The van der Waals surface area contributed by atoms with E-state index in [1.54, 1.807) is 23.3 Å². The minimum Gasteiger partial charge on any atom is -0.478 e. The van der Waals surface area contributed by atoms with Crippen LogP contribution in [0.3, 0.4) is 0 Å². The van der Waals surface area contributed by atoms with E-state index in [4.69, 9.17) is 5.11 Å². The fraction of sp³-hybridized carbons (Fsp3) is 0.111. The second kappa shape index (κ2) is 3.02. The highest BCUT2D eigenvalue weighted by Gasteiger charge is 2.14. The van der Waals surface area contributed by atoms with Crippen LogP contribution >= 0.6 is 0 Å². The summed E-state index contributed by atoms with van der Waals surface area (Å²) in [5.74, 6) is -0.942. The van der Waals surface area contributed by atoms with Gasteiger partial charge in [-0.3, -0.25) is 0 Å². The molecule has 0 spiro atoms. The number of nitrogens with zero attached hydrogens (tertiary/aromatic N) is 2. The van der Waals surface area contributed by atoms with E-state index in [0.717, 1.165) is 5.69 Å². The molecule has 2 aromatic heterocycles. The predicted octanol–water partition coefficient (Wildman–Crippen LogP) is 1.11. The minimum absolute atomic E-state index is 0.258. The van der Waals surface area contributed by atoms with E-state index in [2.05, 4.69) is 9.97 Å². The van der Waals surface area contributed by atoms with Gasteiger partial charge in [-0.25, -0.2) is 9.78 Å². The molecule has 0 fully saturated rings. The maximum Gasteiger partial charge on any atom is 0.337 e. The quantitative estimate of drug-likeness (QED) is 0.747. The second-order valence-corrected chi connectivity index (χ2v) is 2.98. The summed E-state index contributed by atoms with van der Waals surface area (Å²) < 4.78 is 1.77. The van der Waals surface area contributed by atoms with Crippen LogP contribution in [0.5, 0.6) is 0 Å². The summed E-state index contributed by atoms with van der Waals surface area (Å²) in [6.45, 7) is 0. The average Bonchev–Trinajstić information content (AvgIpc) is 2.70. The van der Waals surface area contributed by atoms with Gasteiger partial charge in [-0.05, 0) is 0 Å². The van der Waals surface area contributed by atoms with E-state index >= 15 is 0 Å². The van der Waals surface area contributed by atoms with E-state index in [-0.39, 0.29) is 5.56 Å². The standard InChI is InChI=1S/C9H9N3O2/c1-12-5-11-4-8(12)6-2-10-3-7(6)9(13)14/h2-5,10H,1H3,(H,13,14). The molecular formula is C9H9N3O2. The lowest BCUT2D eigenvalue weighted by molar-refractivity contribution is 0.0698. The third-order valence-corrected chi connectivity index (χ3v) is 2.07. The van der Waals surface area contributed by atoms with Crippen LogP contribution in [-0.4, -0.2) is 25.6 Å². The second-order valence-electron chi connectivity index (χ2n) is 2.98. The third-order valence-electron chi connectivity index (χ3n) is 2.07. The van der Waals surface area contributed by atoms with Crippen LogP contribution in [0, 0.1) is 0 Å². The SMILES string of the molecule is Cn1cncc1-c1c[nH]cc1C(=O)O. The molecule has 2 heterocycles. The highest BCUT2D eigenvalue weighted by atomic mass is 16.4. The fourth-order valence-electron chi connectivity index (χ4n) is 1.37. The van der Waals surface area contributed by atoms with E-state index in [9.17, 15) is 4.79 Å². The van der Waals surface area contributed by atoms with Crippen LogP contribution < -0.4 is 0 Å². The van der Waals surface area contributed by atoms with E-state index in [1.165, 1.54) is 6.20 Å². The molecule has 0 aromatic carbocycles. The molecule has 0 amide bonds. The Labute approximate surface area is 80.0 Å². The van der Waals surface area contributed by atoms with Crippen LogP contribution in [0.1, 0.15) is 10.4 Å². The first-order valence-electron chi connectivity index (χ1n) is 4.07. The smallest absolute Gasteiger partial charge is 0.337 e. The Balaban J connectivity index is 2.57. The molecule has 0 saturated heterocycles. The molecule has 0 radical (unpaired) electrons. The summed E-state index contributed by atoms with van der Waals surface area (Å²) in [6.07, 6.45) is 6.38. The van der Waals surface area contributed by atoms with Crippen LogP contribution in [0.25, 0.3) is 11.3 Å². The number of carboxylic acid groups (broad SMARTS) is 1. The molecule has 0 atom stereocenters. The van der Waals surface area contributed by atoms with Crippen molar-refractivity contribution in [1.82, 2.24) is 14.5 Å². The van der Waals surface area contributed by atoms with Crippen molar-refractivity contribution in [3.63, 3.8) is 0 Å². The van der Waals surface area contributed by atoms with Crippen LogP contribution in [0.15, 0.2) is 24.9 Å². The summed E-state index contributed by atoms with van der Waals surface area (Å²) in [5, 5.41) is 8.89. The first-order valence-corrected chi connectivity index (χ1v) is 4.07. The molecule has 0 aliphatic carbocycles. The van der Waals surface area contributed by atoms with Crippen molar-refractivity contribution in [3.8, 4) is 11.3 Å². The van der Waals surface area contributed by atoms with Crippen molar-refractivity contribution >= 4 is 5.97 Å². The number of carbonyl (C=O) groups is 1. The molecule has 2 N–H and O–H groups in total. The van der Waals surface area contributed by atoms with Crippen molar-refractivity contribution in [2.45, 2.75) is 0 Å². The number of nitrogens with one attached hydrogen (secondary N) is 1. The molecule has 2 rings (SSSR count). The number of aryl methyl sites for hydroxylation is 1. The zero-order valence-corrected chi connectivity index (χ0v) is 7.56. The number of carboxylic acids is 1. The van der Waals surface area contributed by atoms with Crippen molar-refractivity contribution in [1.29, 1.82) is 0 Å². The average molecular weight is 191 g/mol. The third kappa shape index (κ3) is 1.19. The Morgan fingerprint density at radius 1 is 1.57 bits per heavy atom. The van der Waals surface area contributed by atoms with E-state index in [1.807, 2.05) is 7.05 Å².